The van der Waals surface area contributed by atoms with Gasteiger partial charge in [-0.2, -0.15) is 0 Å². The number of hydrogen-bond acceptors (Lipinski definition) is 4. The van der Waals surface area contributed by atoms with Gasteiger partial charge in [0.25, 0.3) is 0 Å². The van der Waals surface area contributed by atoms with E-state index in [0.29, 0.717) is 6.42 Å². The second kappa shape index (κ2) is 2.92. The van der Waals surface area contributed by atoms with E-state index in [-0.39, 0.29) is 18.5 Å². The van der Waals surface area contributed by atoms with Crippen LogP contribution < -0.4 is 0 Å². The van der Waals surface area contributed by atoms with Gasteiger partial charge >= 0.3 is 0 Å². The molecular formula is C9H16O4. The van der Waals surface area contributed by atoms with Crippen molar-refractivity contribution < 1.29 is 19.3 Å². The number of fused-ring (bicyclic) bond motifs is 1. The summed E-state index contributed by atoms with van der Waals surface area (Å²) in [7, 11) is 0. The standard InChI is InChI=1S/C9H16O4/c1-5(10)6-4-7-8(11-6)13-9(2,3)12-7/h5-8,10H,4H2,1-3H3/t5-,6+,7-,8-/m1/s1. The third-order valence-electron chi connectivity index (χ3n) is 2.45. The molecule has 4 nitrogen and oxygen atoms in total. The molecule has 0 spiro atoms. The van der Waals surface area contributed by atoms with Gasteiger partial charge < -0.3 is 19.3 Å². The molecule has 0 aromatic heterocycles. The Hall–Kier alpha value is -0.160. The van der Waals surface area contributed by atoms with Gasteiger partial charge in [-0.1, -0.05) is 0 Å². The summed E-state index contributed by atoms with van der Waals surface area (Å²) in [6.07, 6.45) is -0.206. The number of aliphatic hydroxyl groups excluding tert-OH is 1. The molecule has 2 rings (SSSR count). The Morgan fingerprint density at radius 3 is 2.62 bits per heavy atom. The molecule has 0 unspecified atom stereocenters. The number of ether oxygens (including phenoxy) is 3. The molecule has 2 aliphatic heterocycles. The van der Waals surface area contributed by atoms with E-state index in [1.807, 2.05) is 13.8 Å². The highest BCUT2D eigenvalue weighted by molar-refractivity contribution is 4.86. The van der Waals surface area contributed by atoms with Crippen molar-refractivity contribution in [3.05, 3.63) is 0 Å². The lowest BCUT2D eigenvalue weighted by Crippen LogP contribution is -2.28. The van der Waals surface area contributed by atoms with Crippen molar-refractivity contribution in [2.75, 3.05) is 0 Å². The first kappa shape index (κ1) is 9.40. The van der Waals surface area contributed by atoms with Crippen molar-refractivity contribution in [2.24, 2.45) is 0 Å². The van der Waals surface area contributed by atoms with Gasteiger partial charge in [-0.05, 0) is 20.8 Å². The van der Waals surface area contributed by atoms with Gasteiger partial charge in [0.1, 0.15) is 6.10 Å². The molecule has 0 bridgehead atoms. The molecule has 2 heterocycles. The fourth-order valence-corrected chi connectivity index (χ4v) is 1.85. The van der Waals surface area contributed by atoms with E-state index >= 15 is 0 Å². The Bertz CT molecular complexity index is 186. The molecule has 2 fully saturated rings. The summed E-state index contributed by atoms with van der Waals surface area (Å²) in [6, 6.07) is 0. The van der Waals surface area contributed by atoms with Gasteiger partial charge in [-0.25, -0.2) is 0 Å². The Morgan fingerprint density at radius 1 is 1.38 bits per heavy atom. The summed E-state index contributed by atoms with van der Waals surface area (Å²) in [5.74, 6) is -0.543. The van der Waals surface area contributed by atoms with Crippen LogP contribution >= 0.6 is 0 Å². The minimum atomic E-state index is -0.543. The van der Waals surface area contributed by atoms with Crippen LogP contribution in [-0.4, -0.2) is 35.5 Å². The van der Waals surface area contributed by atoms with Crippen LogP contribution in [0.25, 0.3) is 0 Å². The number of rotatable bonds is 1. The maximum absolute atomic E-state index is 9.30. The third-order valence-corrected chi connectivity index (χ3v) is 2.45. The van der Waals surface area contributed by atoms with E-state index in [4.69, 9.17) is 14.2 Å². The fourth-order valence-electron chi connectivity index (χ4n) is 1.85. The lowest BCUT2D eigenvalue weighted by Gasteiger charge is -2.21. The molecule has 0 aromatic carbocycles. The number of hydrogen-bond donors (Lipinski definition) is 1. The summed E-state index contributed by atoms with van der Waals surface area (Å²) < 4.78 is 16.6. The molecule has 0 aromatic rings. The molecule has 1 N–H and O–H groups in total. The van der Waals surface area contributed by atoms with Crippen molar-refractivity contribution in [1.82, 2.24) is 0 Å². The predicted molar refractivity (Wildman–Crippen MR) is 45.0 cm³/mol. The third kappa shape index (κ3) is 1.72. The summed E-state index contributed by atoms with van der Waals surface area (Å²) >= 11 is 0. The highest BCUT2D eigenvalue weighted by Crippen LogP contribution is 2.37. The topological polar surface area (TPSA) is 47.9 Å². The zero-order valence-electron chi connectivity index (χ0n) is 8.19. The van der Waals surface area contributed by atoms with E-state index < -0.39 is 11.9 Å². The highest BCUT2D eigenvalue weighted by Gasteiger charge is 2.49. The predicted octanol–water partition coefficient (Wildman–Crippen LogP) is 0.634. The normalized spacial score (nSPS) is 44.8. The summed E-state index contributed by atoms with van der Waals surface area (Å²) in [6.45, 7) is 5.45. The van der Waals surface area contributed by atoms with Gasteiger partial charge in [0.2, 0.25) is 0 Å². The zero-order chi connectivity index (χ0) is 9.64. The SMILES string of the molecule is C[C@@H](O)[C@@H]1C[C@H]2OC(C)(C)O[C@H]2O1. The Labute approximate surface area is 77.8 Å². The van der Waals surface area contributed by atoms with Crippen molar-refractivity contribution >= 4 is 0 Å². The largest absolute Gasteiger partial charge is 0.391 e. The molecule has 4 heteroatoms. The van der Waals surface area contributed by atoms with Crippen molar-refractivity contribution in [1.29, 1.82) is 0 Å². The number of aliphatic hydroxyl groups is 1. The Kier molecular flexibility index (Phi) is 2.11. The van der Waals surface area contributed by atoms with Gasteiger partial charge in [0.15, 0.2) is 12.1 Å². The smallest absolute Gasteiger partial charge is 0.187 e. The average molecular weight is 188 g/mol. The summed E-state index contributed by atoms with van der Waals surface area (Å²) in [4.78, 5) is 0. The van der Waals surface area contributed by atoms with Crippen LogP contribution in [0, 0.1) is 0 Å². The average Bonchev–Trinajstić information content (AvgIpc) is 2.39. The molecule has 4 atom stereocenters. The van der Waals surface area contributed by atoms with Crippen molar-refractivity contribution in [3.8, 4) is 0 Å². The highest BCUT2D eigenvalue weighted by atomic mass is 16.8. The molecule has 2 aliphatic rings. The molecule has 76 valence electrons. The van der Waals surface area contributed by atoms with E-state index in [9.17, 15) is 5.11 Å². The van der Waals surface area contributed by atoms with E-state index in [1.165, 1.54) is 0 Å². The van der Waals surface area contributed by atoms with Crippen LogP contribution in [0.1, 0.15) is 27.2 Å². The Balaban J connectivity index is 1.97. The first-order chi connectivity index (χ1) is 5.98. The van der Waals surface area contributed by atoms with Gasteiger partial charge in [0, 0.05) is 6.42 Å². The van der Waals surface area contributed by atoms with Crippen LogP contribution in [0.5, 0.6) is 0 Å². The minimum Gasteiger partial charge on any atom is -0.391 e. The molecule has 0 saturated carbocycles. The van der Waals surface area contributed by atoms with Crippen LogP contribution in [0.2, 0.25) is 0 Å². The molecule has 2 saturated heterocycles. The summed E-state index contributed by atoms with van der Waals surface area (Å²) in [5.41, 5.74) is 0. The molecule has 0 aliphatic carbocycles. The lowest BCUT2D eigenvalue weighted by molar-refractivity contribution is -0.212. The molecule has 13 heavy (non-hydrogen) atoms. The van der Waals surface area contributed by atoms with Crippen molar-refractivity contribution in [2.45, 2.75) is 57.6 Å². The van der Waals surface area contributed by atoms with Crippen LogP contribution in [0.4, 0.5) is 0 Å². The van der Waals surface area contributed by atoms with Crippen LogP contribution in [-0.2, 0) is 14.2 Å². The monoisotopic (exact) mass is 188 g/mol. The van der Waals surface area contributed by atoms with E-state index in [2.05, 4.69) is 0 Å². The van der Waals surface area contributed by atoms with Crippen LogP contribution in [0.3, 0.4) is 0 Å². The second-order valence-corrected chi connectivity index (χ2v) is 4.19. The molecule has 0 radical (unpaired) electrons. The quantitative estimate of drug-likeness (QED) is 0.655. The second-order valence-electron chi connectivity index (χ2n) is 4.19. The zero-order valence-corrected chi connectivity index (χ0v) is 8.19. The van der Waals surface area contributed by atoms with E-state index in [1.54, 1.807) is 6.92 Å². The molecule has 0 amide bonds. The maximum Gasteiger partial charge on any atom is 0.187 e. The maximum atomic E-state index is 9.30. The minimum absolute atomic E-state index is 0.0189. The van der Waals surface area contributed by atoms with Gasteiger partial charge in [-0.15, -0.1) is 0 Å². The first-order valence-electron chi connectivity index (χ1n) is 4.67. The Morgan fingerprint density at radius 2 is 2.08 bits per heavy atom. The van der Waals surface area contributed by atoms with Crippen molar-refractivity contribution in [3.63, 3.8) is 0 Å². The van der Waals surface area contributed by atoms with Gasteiger partial charge in [-0.3, -0.25) is 0 Å². The fraction of sp³-hybridized carbons (Fsp3) is 1.00. The first-order valence-corrected chi connectivity index (χ1v) is 4.67. The van der Waals surface area contributed by atoms with Gasteiger partial charge in [0.05, 0.1) is 12.2 Å². The lowest BCUT2D eigenvalue weighted by atomic mass is 10.1. The summed E-state index contributed by atoms with van der Waals surface area (Å²) in [5, 5.41) is 9.30. The molecular weight excluding hydrogens is 172 g/mol. The van der Waals surface area contributed by atoms with E-state index in [0.717, 1.165) is 0 Å². The van der Waals surface area contributed by atoms with Crippen LogP contribution in [0.15, 0.2) is 0 Å².